The molecular formula is C15H23NO5S. The summed E-state index contributed by atoms with van der Waals surface area (Å²) in [5, 5.41) is 0. The minimum Gasteiger partial charge on any atom is -0.491 e. The minimum absolute atomic E-state index is 0.0496. The van der Waals surface area contributed by atoms with Crippen LogP contribution in [-0.2, 0) is 19.5 Å². The molecule has 1 N–H and O–H groups in total. The zero-order chi connectivity index (χ0) is 16.0. The number of rotatable bonds is 8. The van der Waals surface area contributed by atoms with Crippen molar-refractivity contribution >= 4 is 10.0 Å². The topological polar surface area (TPSA) is 73.9 Å². The van der Waals surface area contributed by atoms with Gasteiger partial charge in [-0.2, -0.15) is 0 Å². The Hall–Kier alpha value is -1.15. The highest BCUT2D eigenvalue weighted by atomic mass is 32.2. The van der Waals surface area contributed by atoms with E-state index in [1.807, 2.05) is 6.92 Å². The van der Waals surface area contributed by atoms with Crippen molar-refractivity contribution in [3.05, 3.63) is 24.3 Å². The molecule has 124 valence electrons. The van der Waals surface area contributed by atoms with Gasteiger partial charge in [0.1, 0.15) is 12.4 Å². The van der Waals surface area contributed by atoms with Gasteiger partial charge in [-0.05, 0) is 44.0 Å². The van der Waals surface area contributed by atoms with Crippen molar-refractivity contribution in [1.29, 1.82) is 0 Å². The van der Waals surface area contributed by atoms with Crippen molar-refractivity contribution in [2.24, 2.45) is 0 Å². The van der Waals surface area contributed by atoms with Crippen molar-refractivity contribution in [2.45, 2.75) is 36.8 Å². The maximum Gasteiger partial charge on any atom is 0.240 e. The molecule has 0 amide bonds. The maximum atomic E-state index is 12.3. The number of nitrogens with one attached hydrogen (secondary N) is 1. The predicted octanol–water partition coefficient (Wildman–Crippen LogP) is 1.56. The molecule has 22 heavy (non-hydrogen) atoms. The molecule has 6 nitrogen and oxygen atoms in total. The monoisotopic (exact) mass is 329 g/mol. The van der Waals surface area contributed by atoms with E-state index in [2.05, 4.69) is 4.72 Å². The predicted molar refractivity (Wildman–Crippen MR) is 82.6 cm³/mol. The van der Waals surface area contributed by atoms with Crippen molar-refractivity contribution < 1.29 is 22.6 Å². The van der Waals surface area contributed by atoms with E-state index in [0.717, 1.165) is 12.8 Å². The summed E-state index contributed by atoms with van der Waals surface area (Å²) in [4.78, 5) is 0.219. The van der Waals surface area contributed by atoms with Gasteiger partial charge in [-0.15, -0.1) is 0 Å². The third-order valence-electron chi connectivity index (χ3n) is 3.55. The first-order valence-corrected chi connectivity index (χ1v) is 8.87. The Kier molecular flexibility index (Phi) is 6.19. The van der Waals surface area contributed by atoms with Crippen LogP contribution in [0.1, 0.15) is 19.8 Å². The second kappa shape index (κ2) is 7.92. The van der Waals surface area contributed by atoms with Gasteiger partial charge in [0.05, 0.1) is 17.6 Å². The van der Waals surface area contributed by atoms with Gasteiger partial charge in [-0.1, -0.05) is 0 Å². The first-order valence-electron chi connectivity index (χ1n) is 7.38. The highest BCUT2D eigenvalue weighted by Crippen LogP contribution is 2.19. The van der Waals surface area contributed by atoms with Gasteiger partial charge < -0.3 is 14.2 Å². The van der Waals surface area contributed by atoms with Gasteiger partial charge in [0.25, 0.3) is 0 Å². The zero-order valence-electron chi connectivity index (χ0n) is 12.9. The van der Waals surface area contributed by atoms with E-state index >= 15 is 0 Å². The molecule has 1 aliphatic rings. The average molecular weight is 329 g/mol. The van der Waals surface area contributed by atoms with Gasteiger partial charge in [-0.25, -0.2) is 13.1 Å². The van der Waals surface area contributed by atoms with E-state index in [-0.39, 0.29) is 17.0 Å². The molecule has 1 saturated heterocycles. The van der Waals surface area contributed by atoms with Gasteiger partial charge in [0.15, 0.2) is 0 Å². The van der Waals surface area contributed by atoms with Crippen LogP contribution in [0.2, 0.25) is 0 Å². The largest absolute Gasteiger partial charge is 0.491 e. The van der Waals surface area contributed by atoms with E-state index in [9.17, 15) is 8.42 Å². The van der Waals surface area contributed by atoms with Crippen LogP contribution < -0.4 is 9.46 Å². The molecule has 0 saturated carbocycles. The summed E-state index contributed by atoms with van der Waals surface area (Å²) < 4.78 is 43.2. The van der Waals surface area contributed by atoms with Crippen molar-refractivity contribution in [2.75, 3.05) is 26.9 Å². The molecule has 0 aliphatic carbocycles. The average Bonchev–Trinajstić information content (AvgIpc) is 3.02. The van der Waals surface area contributed by atoms with Crippen molar-refractivity contribution in [3.63, 3.8) is 0 Å². The zero-order valence-corrected chi connectivity index (χ0v) is 13.8. The van der Waals surface area contributed by atoms with Crippen molar-refractivity contribution in [3.8, 4) is 5.75 Å². The fourth-order valence-electron chi connectivity index (χ4n) is 2.34. The quantitative estimate of drug-likeness (QED) is 0.733. The Morgan fingerprint density at radius 3 is 2.64 bits per heavy atom. The summed E-state index contributed by atoms with van der Waals surface area (Å²) in [5.41, 5.74) is 0. The Balaban J connectivity index is 1.96. The normalized spacial score (nSPS) is 20.0. The first kappa shape index (κ1) is 17.2. The summed E-state index contributed by atoms with van der Waals surface area (Å²) in [6.07, 6.45) is 1.81. The molecule has 1 fully saturated rings. The van der Waals surface area contributed by atoms with E-state index in [1.54, 1.807) is 19.2 Å². The van der Waals surface area contributed by atoms with Crippen LogP contribution in [0.15, 0.2) is 29.2 Å². The third kappa shape index (κ3) is 4.67. The van der Waals surface area contributed by atoms with Crippen molar-refractivity contribution in [1.82, 2.24) is 4.72 Å². The highest BCUT2D eigenvalue weighted by molar-refractivity contribution is 7.89. The molecular weight excluding hydrogens is 306 g/mol. The second-order valence-corrected chi connectivity index (χ2v) is 6.99. The smallest absolute Gasteiger partial charge is 0.240 e. The summed E-state index contributed by atoms with van der Waals surface area (Å²) >= 11 is 0. The second-order valence-electron chi connectivity index (χ2n) is 5.27. The molecule has 1 aromatic carbocycles. The number of sulfonamides is 1. The highest BCUT2D eigenvalue weighted by Gasteiger charge is 2.26. The molecule has 1 aromatic rings. The third-order valence-corrected chi connectivity index (χ3v) is 5.13. The molecule has 2 rings (SSSR count). The molecule has 0 radical (unpaired) electrons. The van der Waals surface area contributed by atoms with Gasteiger partial charge >= 0.3 is 0 Å². The first-order chi connectivity index (χ1) is 10.5. The number of benzene rings is 1. The Morgan fingerprint density at radius 2 is 2.05 bits per heavy atom. The molecule has 2 unspecified atom stereocenters. The van der Waals surface area contributed by atoms with Crippen LogP contribution in [0.3, 0.4) is 0 Å². The molecule has 0 bridgehead atoms. The molecule has 1 heterocycles. The molecule has 1 aliphatic heterocycles. The molecule has 0 spiro atoms. The standard InChI is InChI=1S/C15H23NO5S/c1-12(15-4-3-9-21-15)16-22(17,18)14-7-5-13(6-8-14)20-11-10-19-2/h5-8,12,15-16H,3-4,9-11H2,1-2H3. The van der Waals surface area contributed by atoms with Crippen LogP contribution in [-0.4, -0.2) is 47.5 Å². The summed E-state index contributed by atoms with van der Waals surface area (Å²) in [7, 11) is -1.95. The van der Waals surface area contributed by atoms with Crippen LogP contribution in [0.25, 0.3) is 0 Å². The lowest BCUT2D eigenvalue weighted by atomic mass is 10.1. The van der Waals surface area contributed by atoms with Gasteiger partial charge in [0, 0.05) is 19.8 Å². The SMILES string of the molecule is COCCOc1ccc(S(=O)(=O)NC(C)C2CCCO2)cc1. The van der Waals surface area contributed by atoms with Crippen LogP contribution in [0, 0.1) is 0 Å². The molecule has 0 aromatic heterocycles. The maximum absolute atomic E-state index is 12.3. The molecule has 7 heteroatoms. The lowest BCUT2D eigenvalue weighted by molar-refractivity contribution is 0.0902. The van der Waals surface area contributed by atoms with E-state index < -0.39 is 10.0 Å². The Bertz CT molecular complexity index is 552. The summed E-state index contributed by atoms with van der Waals surface area (Å²) in [6, 6.07) is 6.10. The van der Waals surface area contributed by atoms with Crippen LogP contribution in [0.4, 0.5) is 0 Å². The fraction of sp³-hybridized carbons (Fsp3) is 0.600. The number of methoxy groups -OCH3 is 1. The summed E-state index contributed by atoms with van der Waals surface area (Å²) in [5.74, 6) is 0.614. The number of hydrogen-bond donors (Lipinski definition) is 1. The summed E-state index contributed by atoms with van der Waals surface area (Å²) in [6.45, 7) is 3.44. The van der Waals surface area contributed by atoms with E-state index in [0.29, 0.717) is 25.6 Å². The minimum atomic E-state index is -3.55. The van der Waals surface area contributed by atoms with E-state index in [4.69, 9.17) is 14.2 Å². The Morgan fingerprint density at radius 1 is 1.32 bits per heavy atom. The fourth-order valence-corrected chi connectivity index (χ4v) is 3.62. The van der Waals surface area contributed by atoms with Crippen LogP contribution in [0.5, 0.6) is 5.75 Å². The van der Waals surface area contributed by atoms with Crippen LogP contribution >= 0.6 is 0 Å². The van der Waals surface area contributed by atoms with Gasteiger partial charge in [0.2, 0.25) is 10.0 Å². The number of ether oxygens (including phenoxy) is 3. The number of hydrogen-bond acceptors (Lipinski definition) is 5. The Labute approximate surface area is 131 Å². The van der Waals surface area contributed by atoms with Gasteiger partial charge in [-0.3, -0.25) is 0 Å². The van der Waals surface area contributed by atoms with E-state index in [1.165, 1.54) is 12.1 Å². The lowest BCUT2D eigenvalue weighted by Gasteiger charge is -2.20. The lowest BCUT2D eigenvalue weighted by Crippen LogP contribution is -2.40. The molecule has 2 atom stereocenters.